The van der Waals surface area contributed by atoms with Crippen LogP contribution in [0.3, 0.4) is 0 Å². The lowest BCUT2D eigenvalue weighted by atomic mass is 9.99. The van der Waals surface area contributed by atoms with E-state index in [4.69, 9.17) is 0 Å². The molecule has 0 unspecified atom stereocenters. The fourth-order valence-electron chi connectivity index (χ4n) is 1.96. The Morgan fingerprint density at radius 2 is 1.58 bits per heavy atom. The summed E-state index contributed by atoms with van der Waals surface area (Å²) in [5.41, 5.74) is 2.38. The van der Waals surface area contributed by atoms with Crippen LogP contribution >= 0.6 is 0 Å². The van der Waals surface area contributed by atoms with Gasteiger partial charge in [-0.25, -0.2) is 8.78 Å². The third-order valence-corrected chi connectivity index (χ3v) is 3.01. The zero-order valence-corrected chi connectivity index (χ0v) is 10.6. The van der Waals surface area contributed by atoms with Crippen LogP contribution in [0, 0.1) is 18.6 Å². The van der Waals surface area contributed by atoms with Crippen molar-refractivity contribution in [1.29, 1.82) is 0 Å². The Morgan fingerprint density at radius 1 is 0.947 bits per heavy atom. The van der Waals surface area contributed by atoms with Gasteiger partial charge in [0, 0.05) is 12.8 Å². The third kappa shape index (κ3) is 3.71. The van der Waals surface area contributed by atoms with Gasteiger partial charge in [-0.05, 0) is 47.9 Å². The third-order valence-electron chi connectivity index (χ3n) is 3.01. The molecule has 0 aliphatic carbocycles. The molecule has 0 aliphatic heterocycles. The monoisotopic (exact) mass is 260 g/mol. The fourth-order valence-corrected chi connectivity index (χ4v) is 1.96. The van der Waals surface area contributed by atoms with Gasteiger partial charge in [0.1, 0.15) is 17.4 Å². The number of benzene rings is 2. The first-order valence-corrected chi connectivity index (χ1v) is 6.06. The van der Waals surface area contributed by atoms with Crippen LogP contribution in [-0.4, -0.2) is 5.78 Å². The number of hydrogen-bond donors (Lipinski definition) is 0. The highest BCUT2D eigenvalue weighted by atomic mass is 19.1. The summed E-state index contributed by atoms with van der Waals surface area (Å²) >= 11 is 0. The number of carbonyl (C=O) groups excluding carboxylic acids is 1. The zero-order valence-electron chi connectivity index (χ0n) is 10.6. The van der Waals surface area contributed by atoms with E-state index in [9.17, 15) is 13.6 Å². The molecule has 0 fully saturated rings. The van der Waals surface area contributed by atoms with E-state index < -0.39 is 0 Å². The van der Waals surface area contributed by atoms with Crippen molar-refractivity contribution in [2.24, 2.45) is 0 Å². The Bertz CT molecular complexity index is 588. The van der Waals surface area contributed by atoms with Gasteiger partial charge in [-0.15, -0.1) is 0 Å². The van der Waals surface area contributed by atoms with Gasteiger partial charge in [-0.3, -0.25) is 4.79 Å². The Labute approximate surface area is 110 Å². The Hall–Kier alpha value is -2.03. The summed E-state index contributed by atoms with van der Waals surface area (Å²) in [6.07, 6.45) is 0.528. The lowest BCUT2D eigenvalue weighted by Crippen LogP contribution is -2.07. The molecule has 0 aromatic heterocycles. The molecule has 1 nitrogen and oxygen atoms in total. The van der Waals surface area contributed by atoms with Crippen molar-refractivity contribution in [2.45, 2.75) is 19.8 Å². The van der Waals surface area contributed by atoms with Gasteiger partial charge in [-0.2, -0.15) is 0 Å². The van der Waals surface area contributed by atoms with Crippen LogP contribution in [0.25, 0.3) is 0 Å². The number of carbonyl (C=O) groups is 1. The molecule has 0 spiro atoms. The van der Waals surface area contributed by atoms with Gasteiger partial charge in [0.2, 0.25) is 0 Å². The van der Waals surface area contributed by atoms with Crippen molar-refractivity contribution >= 4 is 5.78 Å². The topological polar surface area (TPSA) is 17.1 Å². The van der Waals surface area contributed by atoms with E-state index in [2.05, 4.69) is 0 Å². The fraction of sp³-hybridized carbons (Fsp3) is 0.188. The molecule has 0 atom stereocenters. The first kappa shape index (κ1) is 13.4. The summed E-state index contributed by atoms with van der Waals surface area (Å²) in [5.74, 6) is -0.584. The van der Waals surface area contributed by atoms with Gasteiger partial charge >= 0.3 is 0 Å². The lowest BCUT2D eigenvalue weighted by molar-refractivity contribution is -0.117. The van der Waals surface area contributed by atoms with Crippen molar-refractivity contribution in [3.8, 4) is 0 Å². The second-order valence-corrected chi connectivity index (χ2v) is 4.59. The van der Waals surface area contributed by atoms with Crippen LogP contribution in [0.5, 0.6) is 0 Å². The molecule has 0 bridgehead atoms. The van der Waals surface area contributed by atoms with E-state index in [0.717, 1.165) is 16.7 Å². The molecular weight excluding hydrogens is 246 g/mol. The van der Waals surface area contributed by atoms with Crippen molar-refractivity contribution < 1.29 is 13.6 Å². The molecule has 19 heavy (non-hydrogen) atoms. The van der Waals surface area contributed by atoms with E-state index in [1.165, 1.54) is 24.3 Å². The molecule has 0 saturated carbocycles. The average Bonchev–Trinajstić information content (AvgIpc) is 2.36. The second-order valence-electron chi connectivity index (χ2n) is 4.59. The summed E-state index contributed by atoms with van der Waals surface area (Å²) in [7, 11) is 0. The van der Waals surface area contributed by atoms with Crippen molar-refractivity contribution in [2.75, 3.05) is 0 Å². The molecule has 0 N–H and O–H groups in total. The summed E-state index contributed by atoms with van der Waals surface area (Å²) in [6.45, 7) is 1.78. The normalized spacial score (nSPS) is 10.5. The van der Waals surface area contributed by atoms with Crippen LogP contribution in [-0.2, 0) is 17.6 Å². The molecule has 2 rings (SSSR count). The maximum atomic E-state index is 12.9. The van der Waals surface area contributed by atoms with Crippen LogP contribution in [0.15, 0.2) is 42.5 Å². The number of hydrogen-bond acceptors (Lipinski definition) is 1. The second kappa shape index (κ2) is 5.74. The summed E-state index contributed by atoms with van der Waals surface area (Å²) < 4.78 is 25.7. The van der Waals surface area contributed by atoms with Gasteiger partial charge < -0.3 is 0 Å². The first-order chi connectivity index (χ1) is 9.04. The number of halogens is 2. The van der Waals surface area contributed by atoms with Crippen molar-refractivity contribution in [3.05, 3.63) is 70.8 Å². The highest BCUT2D eigenvalue weighted by Gasteiger charge is 2.08. The lowest BCUT2D eigenvalue weighted by Gasteiger charge is -2.05. The highest BCUT2D eigenvalue weighted by Crippen LogP contribution is 2.12. The van der Waals surface area contributed by atoms with Gasteiger partial charge in [0.05, 0.1) is 0 Å². The van der Waals surface area contributed by atoms with Gasteiger partial charge in [0.15, 0.2) is 0 Å². The van der Waals surface area contributed by atoms with Crippen LogP contribution < -0.4 is 0 Å². The minimum atomic E-state index is -0.314. The quantitative estimate of drug-likeness (QED) is 0.820. The summed E-state index contributed by atoms with van der Waals surface area (Å²) in [4.78, 5) is 11.9. The molecule has 2 aromatic rings. The number of rotatable bonds is 4. The standard InChI is InChI=1S/C16H14F2O/c1-11-8-15(18)7-4-13(11)10-16(19)9-12-2-5-14(17)6-3-12/h2-8H,9-10H2,1H3. The predicted octanol–water partition coefficient (Wildman–Crippen LogP) is 3.63. The predicted molar refractivity (Wildman–Crippen MR) is 70.0 cm³/mol. The molecule has 0 radical (unpaired) electrons. The largest absolute Gasteiger partial charge is 0.299 e. The Kier molecular flexibility index (Phi) is 4.05. The van der Waals surface area contributed by atoms with Gasteiger partial charge in [-0.1, -0.05) is 18.2 Å². The number of aryl methyl sites for hydroxylation is 1. The summed E-state index contributed by atoms with van der Waals surface area (Å²) in [6, 6.07) is 10.3. The Morgan fingerprint density at radius 3 is 2.21 bits per heavy atom. The average molecular weight is 260 g/mol. The molecule has 0 heterocycles. The molecular formula is C16H14F2O. The molecule has 0 saturated heterocycles. The highest BCUT2D eigenvalue weighted by molar-refractivity contribution is 5.83. The van der Waals surface area contributed by atoms with Crippen LogP contribution in [0.2, 0.25) is 0 Å². The molecule has 98 valence electrons. The minimum Gasteiger partial charge on any atom is -0.299 e. The maximum absolute atomic E-state index is 12.9. The smallest absolute Gasteiger partial charge is 0.141 e. The van der Waals surface area contributed by atoms with Crippen LogP contribution in [0.4, 0.5) is 8.78 Å². The summed E-state index contributed by atoms with van der Waals surface area (Å²) in [5, 5.41) is 0. The van der Waals surface area contributed by atoms with Gasteiger partial charge in [0.25, 0.3) is 0 Å². The SMILES string of the molecule is Cc1cc(F)ccc1CC(=O)Cc1ccc(F)cc1. The number of ketones is 1. The van der Waals surface area contributed by atoms with Crippen molar-refractivity contribution in [3.63, 3.8) is 0 Å². The molecule has 0 amide bonds. The van der Waals surface area contributed by atoms with E-state index >= 15 is 0 Å². The first-order valence-electron chi connectivity index (χ1n) is 6.06. The minimum absolute atomic E-state index is 0.0290. The number of Topliss-reactive ketones (excluding diaryl/α,β-unsaturated/α-hetero) is 1. The Balaban J connectivity index is 2.03. The molecule has 2 aromatic carbocycles. The zero-order chi connectivity index (χ0) is 13.8. The van der Waals surface area contributed by atoms with E-state index in [-0.39, 0.29) is 30.3 Å². The van der Waals surface area contributed by atoms with Crippen LogP contribution in [0.1, 0.15) is 16.7 Å². The molecule has 3 heteroatoms. The van der Waals surface area contributed by atoms with Crippen molar-refractivity contribution in [1.82, 2.24) is 0 Å². The van der Waals surface area contributed by atoms with E-state index in [1.54, 1.807) is 25.1 Å². The van der Waals surface area contributed by atoms with E-state index in [1.807, 2.05) is 0 Å². The maximum Gasteiger partial charge on any atom is 0.141 e. The van der Waals surface area contributed by atoms with E-state index in [0.29, 0.717) is 0 Å². The molecule has 0 aliphatic rings.